The van der Waals surface area contributed by atoms with Crippen molar-refractivity contribution in [3.63, 3.8) is 0 Å². The number of aromatic amines is 1. The van der Waals surface area contributed by atoms with Crippen molar-refractivity contribution in [2.24, 2.45) is 0 Å². The molecule has 2 saturated carbocycles. The average molecular weight is 444 g/mol. The van der Waals surface area contributed by atoms with Crippen molar-refractivity contribution in [1.29, 1.82) is 0 Å². The molecule has 3 N–H and O–H groups in total. The molecule has 0 radical (unpaired) electrons. The quantitative estimate of drug-likeness (QED) is 0.360. The van der Waals surface area contributed by atoms with E-state index < -0.39 is 6.09 Å². The Morgan fingerprint density at radius 3 is 2.48 bits per heavy atom. The molecule has 2 fully saturated rings. The molecule has 1 amide bonds. The maximum absolute atomic E-state index is 9.94. The van der Waals surface area contributed by atoms with Crippen LogP contribution in [0.25, 0.3) is 33.4 Å². The number of nitrogens with one attached hydrogen (secondary N) is 2. The molecule has 33 heavy (non-hydrogen) atoms. The molecule has 1 aromatic carbocycles. The van der Waals surface area contributed by atoms with Crippen molar-refractivity contribution in [1.82, 2.24) is 24.8 Å². The molecule has 0 aliphatic heterocycles. The van der Waals surface area contributed by atoms with Crippen LogP contribution in [0.5, 0.6) is 0 Å². The van der Waals surface area contributed by atoms with Gasteiger partial charge in [-0.15, -0.1) is 0 Å². The number of carboxylic acid groups (broad SMARTS) is 1. The lowest BCUT2D eigenvalue weighted by molar-refractivity contribution is 0.189. The van der Waals surface area contributed by atoms with E-state index >= 15 is 0 Å². The number of aromatic nitrogens is 4. The lowest BCUT2D eigenvalue weighted by Gasteiger charge is -2.15. The molecule has 0 spiro atoms. The molecule has 170 valence electrons. The summed E-state index contributed by atoms with van der Waals surface area (Å²) in [5.74, 6) is 0. The summed E-state index contributed by atoms with van der Waals surface area (Å²) in [7, 11) is 0. The maximum Gasteiger partial charge on any atom is 0.405 e. The monoisotopic (exact) mass is 443 g/mol. The molecule has 0 saturated heterocycles. The van der Waals surface area contributed by atoms with Crippen molar-refractivity contribution in [2.75, 3.05) is 0 Å². The lowest BCUT2D eigenvalue weighted by atomic mass is 10.0. The van der Waals surface area contributed by atoms with E-state index in [4.69, 9.17) is 5.11 Å². The van der Waals surface area contributed by atoms with Crippen molar-refractivity contribution in [2.45, 2.75) is 57.0 Å². The average Bonchev–Trinajstić information content (AvgIpc) is 3.32. The summed E-state index contributed by atoms with van der Waals surface area (Å²) in [5.41, 5.74) is 5.63. The zero-order valence-corrected chi connectivity index (χ0v) is 18.8. The number of fused-ring (bicyclic) bond motifs is 1. The zero-order valence-electron chi connectivity index (χ0n) is 18.8. The third-order valence-electron chi connectivity index (χ3n) is 6.71. The van der Waals surface area contributed by atoms with E-state index in [1.54, 1.807) is 0 Å². The van der Waals surface area contributed by atoms with E-state index in [0.29, 0.717) is 6.04 Å². The van der Waals surface area contributed by atoms with Crippen LogP contribution < -0.4 is 5.32 Å². The number of hydrogen-bond donors (Lipinski definition) is 3. The Labute approximate surface area is 192 Å². The summed E-state index contributed by atoms with van der Waals surface area (Å²) in [6.07, 6.45) is 14.1. The maximum atomic E-state index is 9.94. The molecule has 6 rings (SSSR count). The molecule has 7 heteroatoms. The fourth-order valence-corrected chi connectivity index (χ4v) is 4.50. The van der Waals surface area contributed by atoms with E-state index in [-0.39, 0.29) is 5.54 Å². The molecule has 0 unspecified atom stereocenters. The standard InChI is InChI=1S/C21H20N4.C5H9NO2/c1-2-4-19(3-1)25-14-22-13-20(25)16-7-5-15(6-8-16)18-11-17-9-10-23-21(17)24-12-18;1-5(2-3-5)6-4(7)8/h5-14,19H,1-4H2,(H,23,24);6H,2-3H2,1H3,(H,7,8). The third-order valence-corrected chi connectivity index (χ3v) is 6.71. The first kappa shape index (κ1) is 21.2. The minimum atomic E-state index is -0.912. The summed E-state index contributed by atoms with van der Waals surface area (Å²) < 4.78 is 2.36. The Morgan fingerprint density at radius 2 is 1.82 bits per heavy atom. The van der Waals surface area contributed by atoms with Gasteiger partial charge in [0.1, 0.15) is 5.65 Å². The predicted octanol–water partition coefficient (Wildman–Crippen LogP) is 6.02. The largest absolute Gasteiger partial charge is 0.465 e. The molecule has 2 aliphatic rings. The molecule has 2 aliphatic carbocycles. The number of rotatable bonds is 4. The topological polar surface area (TPSA) is 95.8 Å². The van der Waals surface area contributed by atoms with Crippen molar-refractivity contribution < 1.29 is 9.90 Å². The number of carbonyl (C=O) groups is 1. The highest BCUT2D eigenvalue weighted by atomic mass is 16.4. The Kier molecular flexibility index (Phi) is 5.62. The number of imidazole rings is 1. The van der Waals surface area contributed by atoms with E-state index in [1.807, 2.05) is 31.8 Å². The van der Waals surface area contributed by atoms with Gasteiger partial charge in [0.2, 0.25) is 0 Å². The second kappa shape index (κ2) is 8.73. The highest BCUT2D eigenvalue weighted by Crippen LogP contribution is 2.34. The Morgan fingerprint density at radius 1 is 1.09 bits per heavy atom. The van der Waals surface area contributed by atoms with Crippen LogP contribution in [0.4, 0.5) is 4.79 Å². The molecule has 0 bridgehead atoms. The Bertz CT molecular complexity index is 1250. The predicted molar refractivity (Wildman–Crippen MR) is 129 cm³/mol. The van der Waals surface area contributed by atoms with Gasteiger partial charge >= 0.3 is 6.09 Å². The third kappa shape index (κ3) is 4.77. The van der Waals surface area contributed by atoms with E-state index in [1.165, 1.54) is 42.5 Å². The van der Waals surface area contributed by atoms with Crippen LogP contribution in [0.15, 0.2) is 61.3 Å². The molecule has 3 aromatic heterocycles. The smallest absolute Gasteiger partial charge is 0.405 e. The number of amides is 1. The van der Waals surface area contributed by atoms with Crippen LogP contribution in [0.3, 0.4) is 0 Å². The number of hydrogen-bond acceptors (Lipinski definition) is 3. The lowest BCUT2D eigenvalue weighted by Crippen LogP contribution is -2.32. The van der Waals surface area contributed by atoms with Gasteiger partial charge in [0, 0.05) is 34.9 Å². The van der Waals surface area contributed by atoms with Crippen LogP contribution in [0.1, 0.15) is 51.5 Å². The number of benzene rings is 1. The summed E-state index contributed by atoms with van der Waals surface area (Å²) in [6, 6.07) is 13.6. The van der Waals surface area contributed by atoms with Crippen molar-refractivity contribution in [3.05, 3.63) is 61.3 Å². The second-order valence-electron chi connectivity index (χ2n) is 9.33. The normalized spacial score (nSPS) is 16.9. The van der Waals surface area contributed by atoms with Gasteiger partial charge < -0.3 is 20.0 Å². The minimum Gasteiger partial charge on any atom is -0.465 e. The van der Waals surface area contributed by atoms with Crippen molar-refractivity contribution in [3.8, 4) is 22.4 Å². The van der Waals surface area contributed by atoms with E-state index in [0.717, 1.165) is 29.4 Å². The molecule has 4 aromatic rings. The first-order chi connectivity index (χ1) is 16.0. The van der Waals surface area contributed by atoms with Gasteiger partial charge in [-0.2, -0.15) is 0 Å². The van der Waals surface area contributed by atoms with Crippen LogP contribution in [0, 0.1) is 0 Å². The van der Waals surface area contributed by atoms with Crippen molar-refractivity contribution >= 4 is 17.1 Å². The van der Waals surface area contributed by atoms with Gasteiger partial charge in [-0.05, 0) is 55.9 Å². The van der Waals surface area contributed by atoms with Gasteiger partial charge in [-0.25, -0.2) is 14.8 Å². The van der Waals surface area contributed by atoms with Gasteiger partial charge in [-0.3, -0.25) is 0 Å². The van der Waals surface area contributed by atoms with E-state index in [9.17, 15) is 4.79 Å². The molecular weight excluding hydrogens is 414 g/mol. The highest BCUT2D eigenvalue weighted by molar-refractivity contribution is 5.81. The highest BCUT2D eigenvalue weighted by Gasteiger charge is 2.38. The van der Waals surface area contributed by atoms with Crippen LogP contribution in [-0.2, 0) is 0 Å². The van der Waals surface area contributed by atoms with Gasteiger partial charge in [0.15, 0.2) is 0 Å². The first-order valence-corrected chi connectivity index (χ1v) is 11.6. The fraction of sp³-hybridized carbons (Fsp3) is 0.346. The fourth-order valence-electron chi connectivity index (χ4n) is 4.50. The number of nitrogens with zero attached hydrogens (tertiary/aromatic N) is 3. The second-order valence-corrected chi connectivity index (χ2v) is 9.33. The molecule has 7 nitrogen and oxygen atoms in total. The number of H-pyrrole nitrogens is 1. The zero-order chi connectivity index (χ0) is 22.8. The molecular formula is C26H29N5O2. The van der Waals surface area contributed by atoms with Crippen LogP contribution >= 0.6 is 0 Å². The summed E-state index contributed by atoms with van der Waals surface area (Å²) in [6.45, 7) is 1.90. The summed E-state index contributed by atoms with van der Waals surface area (Å²) >= 11 is 0. The summed E-state index contributed by atoms with van der Waals surface area (Å²) in [5, 5.41) is 11.7. The van der Waals surface area contributed by atoms with Gasteiger partial charge in [0.25, 0.3) is 0 Å². The Hall–Kier alpha value is -3.61. The molecule has 0 atom stereocenters. The first-order valence-electron chi connectivity index (χ1n) is 11.6. The van der Waals surface area contributed by atoms with Gasteiger partial charge in [-0.1, -0.05) is 37.1 Å². The van der Waals surface area contributed by atoms with E-state index in [2.05, 4.69) is 61.2 Å². The number of pyridine rings is 1. The van der Waals surface area contributed by atoms with Crippen LogP contribution in [-0.4, -0.2) is 36.3 Å². The SMILES string of the molecule is CC1(NC(=O)O)CC1.c1cc2cc(-c3ccc(-c4cncn4C4CCCC4)cc3)cnc2[nH]1. The molecule has 3 heterocycles. The minimum absolute atomic E-state index is 0.0775. The van der Waals surface area contributed by atoms with Crippen LogP contribution in [0.2, 0.25) is 0 Å². The Balaban J connectivity index is 0.000000243. The van der Waals surface area contributed by atoms with Gasteiger partial charge in [0.05, 0.1) is 18.2 Å². The summed E-state index contributed by atoms with van der Waals surface area (Å²) in [4.78, 5) is 22.0.